The molecule has 2 aromatic heterocycles. The van der Waals surface area contributed by atoms with Crippen molar-refractivity contribution in [1.82, 2.24) is 0 Å². The van der Waals surface area contributed by atoms with Crippen LogP contribution in [-0.4, -0.2) is 0 Å². The molecule has 0 atom stereocenters. The third kappa shape index (κ3) is 4.71. The highest BCUT2D eigenvalue weighted by atomic mass is 32.1. The molecule has 248 valence electrons. The van der Waals surface area contributed by atoms with Crippen LogP contribution in [0, 0.1) is 0 Å². The molecule has 0 aliphatic carbocycles. The lowest BCUT2D eigenvalue weighted by Gasteiger charge is -2.28. The van der Waals surface area contributed by atoms with Gasteiger partial charge >= 0.3 is 0 Å². The summed E-state index contributed by atoms with van der Waals surface area (Å²) in [7, 11) is 0. The van der Waals surface area contributed by atoms with E-state index in [-0.39, 0.29) is 0 Å². The number of hydrogen-bond donors (Lipinski definition) is 0. The lowest BCUT2D eigenvalue weighted by atomic mass is 9.92. The van der Waals surface area contributed by atoms with Crippen molar-refractivity contribution in [3.8, 4) is 22.3 Å². The number of anilines is 3. The Morgan fingerprint density at radius 2 is 1.08 bits per heavy atom. The second kappa shape index (κ2) is 11.9. The van der Waals surface area contributed by atoms with Gasteiger partial charge in [-0.25, -0.2) is 0 Å². The van der Waals surface area contributed by atoms with Crippen molar-refractivity contribution in [2.75, 3.05) is 4.90 Å². The summed E-state index contributed by atoms with van der Waals surface area (Å²) < 4.78 is 9.37. The van der Waals surface area contributed by atoms with Gasteiger partial charge in [-0.05, 0) is 69.2 Å². The highest BCUT2D eigenvalue weighted by Gasteiger charge is 2.24. The first-order chi connectivity index (χ1) is 26.3. The zero-order valence-electron chi connectivity index (χ0n) is 28.7. The average molecular weight is 694 g/mol. The molecule has 11 aromatic rings. The quantitative estimate of drug-likeness (QED) is 0.167. The maximum atomic E-state index is 6.75. The van der Waals surface area contributed by atoms with Gasteiger partial charge in [-0.15, -0.1) is 11.3 Å². The minimum Gasteiger partial charge on any atom is -0.454 e. The van der Waals surface area contributed by atoms with Crippen LogP contribution in [0.1, 0.15) is 0 Å². The summed E-state index contributed by atoms with van der Waals surface area (Å²) in [5.74, 6) is 0. The van der Waals surface area contributed by atoms with Gasteiger partial charge in [-0.2, -0.15) is 0 Å². The predicted octanol–water partition coefficient (Wildman–Crippen LogP) is 15.1. The summed E-state index contributed by atoms with van der Waals surface area (Å²) in [5, 5.41) is 9.66. The van der Waals surface area contributed by atoms with Gasteiger partial charge in [0.25, 0.3) is 0 Å². The Balaban J connectivity index is 1.23. The van der Waals surface area contributed by atoms with Gasteiger partial charge in [-0.3, -0.25) is 0 Å². The number of nitrogens with zero attached hydrogens (tertiary/aromatic N) is 1. The molecule has 0 unspecified atom stereocenters. The number of para-hydroxylation sites is 2. The van der Waals surface area contributed by atoms with Crippen molar-refractivity contribution < 1.29 is 4.42 Å². The van der Waals surface area contributed by atoms with E-state index in [1.54, 1.807) is 0 Å². The number of rotatable bonds is 5. The van der Waals surface area contributed by atoms with E-state index in [1.165, 1.54) is 64.0 Å². The van der Waals surface area contributed by atoms with Crippen LogP contribution in [0.5, 0.6) is 0 Å². The summed E-state index contributed by atoms with van der Waals surface area (Å²) in [6.45, 7) is 0. The molecule has 11 rings (SSSR count). The second-order valence-corrected chi connectivity index (χ2v) is 14.7. The standard InChI is InChI=1S/C50H31NOS/c1-2-14-32(15-3-1)44-31-34(28-29-37(44)42-23-12-24-43-40-21-9-11-27-48(40)53-50(42)43)51(45-25-13-22-41-39-20-8-10-26-47(39)52-49(41)45)46-30-33-16-4-5-17-35(33)36-18-6-7-19-38(36)46/h1-31H. The van der Waals surface area contributed by atoms with Crippen molar-refractivity contribution >= 4 is 92.1 Å². The summed E-state index contributed by atoms with van der Waals surface area (Å²) >= 11 is 1.87. The van der Waals surface area contributed by atoms with Crippen molar-refractivity contribution in [1.29, 1.82) is 0 Å². The average Bonchev–Trinajstić information content (AvgIpc) is 3.81. The van der Waals surface area contributed by atoms with Gasteiger partial charge in [0, 0.05) is 47.6 Å². The molecule has 9 aromatic carbocycles. The van der Waals surface area contributed by atoms with E-state index in [1.807, 2.05) is 17.4 Å². The summed E-state index contributed by atoms with van der Waals surface area (Å²) in [6.07, 6.45) is 0. The first-order valence-corrected chi connectivity index (χ1v) is 18.8. The molecule has 0 aliphatic rings. The molecule has 0 saturated heterocycles. The van der Waals surface area contributed by atoms with Crippen LogP contribution in [0.3, 0.4) is 0 Å². The molecular formula is C50H31NOS. The van der Waals surface area contributed by atoms with Gasteiger partial charge in [-0.1, -0.05) is 152 Å². The Morgan fingerprint density at radius 1 is 0.396 bits per heavy atom. The molecule has 0 amide bonds. The van der Waals surface area contributed by atoms with Gasteiger partial charge in [0.15, 0.2) is 5.58 Å². The van der Waals surface area contributed by atoms with E-state index in [9.17, 15) is 0 Å². The van der Waals surface area contributed by atoms with E-state index < -0.39 is 0 Å². The Bertz CT molecular complexity index is 3190. The maximum Gasteiger partial charge on any atom is 0.159 e. The number of hydrogen-bond acceptors (Lipinski definition) is 3. The molecular weight excluding hydrogens is 663 g/mol. The normalized spacial score (nSPS) is 11.8. The number of furan rings is 1. The molecule has 0 bridgehead atoms. The third-order valence-electron chi connectivity index (χ3n) is 10.7. The molecule has 2 heterocycles. The molecule has 0 spiro atoms. The lowest BCUT2D eigenvalue weighted by molar-refractivity contribution is 0.669. The molecule has 0 N–H and O–H groups in total. The fourth-order valence-corrected chi connectivity index (χ4v) is 9.49. The molecule has 0 fully saturated rings. The van der Waals surface area contributed by atoms with Crippen molar-refractivity contribution in [2.45, 2.75) is 0 Å². The zero-order chi connectivity index (χ0) is 34.9. The summed E-state index contributed by atoms with van der Waals surface area (Å²) in [6, 6.07) is 68.0. The largest absolute Gasteiger partial charge is 0.454 e. The van der Waals surface area contributed by atoms with Crippen molar-refractivity contribution in [2.24, 2.45) is 0 Å². The Kier molecular flexibility index (Phi) is 6.76. The van der Waals surface area contributed by atoms with E-state index in [0.29, 0.717) is 0 Å². The number of thiophene rings is 1. The van der Waals surface area contributed by atoms with Crippen LogP contribution in [-0.2, 0) is 0 Å². The maximum absolute atomic E-state index is 6.75. The summed E-state index contributed by atoms with van der Waals surface area (Å²) in [4.78, 5) is 2.41. The van der Waals surface area contributed by atoms with E-state index in [0.717, 1.165) is 39.0 Å². The van der Waals surface area contributed by atoms with Crippen LogP contribution >= 0.6 is 11.3 Å². The Hall–Kier alpha value is -6.68. The fourth-order valence-electron chi connectivity index (χ4n) is 8.26. The zero-order valence-corrected chi connectivity index (χ0v) is 29.5. The topological polar surface area (TPSA) is 16.4 Å². The first kappa shape index (κ1) is 30.0. The molecule has 0 saturated carbocycles. The molecule has 0 aliphatic heterocycles. The smallest absolute Gasteiger partial charge is 0.159 e. The fraction of sp³-hybridized carbons (Fsp3) is 0. The minimum atomic E-state index is 0.867. The Morgan fingerprint density at radius 3 is 1.96 bits per heavy atom. The van der Waals surface area contributed by atoms with Crippen LogP contribution in [0.2, 0.25) is 0 Å². The molecule has 53 heavy (non-hydrogen) atoms. The molecule has 0 radical (unpaired) electrons. The van der Waals surface area contributed by atoms with Gasteiger partial charge < -0.3 is 9.32 Å². The van der Waals surface area contributed by atoms with E-state index >= 15 is 0 Å². The number of fused-ring (bicyclic) bond motifs is 9. The van der Waals surface area contributed by atoms with Crippen LogP contribution in [0.15, 0.2) is 192 Å². The lowest BCUT2D eigenvalue weighted by Crippen LogP contribution is -2.11. The van der Waals surface area contributed by atoms with Gasteiger partial charge in [0.05, 0.1) is 11.4 Å². The predicted molar refractivity (Wildman–Crippen MR) is 227 cm³/mol. The number of benzene rings is 9. The van der Waals surface area contributed by atoms with Gasteiger partial charge in [0.2, 0.25) is 0 Å². The van der Waals surface area contributed by atoms with Crippen molar-refractivity contribution in [3.05, 3.63) is 188 Å². The Labute approximate surface area is 310 Å². The SMILES string of the molecule is c1ccc(-c2cc(N(c3cc4ccccc4c4ccccc34)c3cccc4c3oc3ccccc34)ccc2-c2cccc3c2sc2ccccc23)cc1. The first-order valence-electron chi connectivity index (χ1n) is 18.0. The third-order valence-corrected chi connectivity index (χ3v) is 11.9. The van der Waals surface area contributed by atoms with Crippen molar-refractivity contribution in [3.63, 3.8) is 0 Å². The second-order valence-electron chi connectivity index (χ2n) is 13.6. The molecule has 2 nitrogen and oxygen atoms in total. The summed E-state index contributed by atoms with van der Waals surface area (Å²) in [5.41, 5.74) is 9.72. The highest BCUT2D eigenvalue weighted by molar-refractivity contribution is 7.26. The van der Waals surface area contributed by atoms with Crippen LogP contribution < -0.4 is 4.90 Å². The van der Waals surface area contributed by atoms with Gasteiger partial charge in [0.1, 0.15) is 5.58 Å². The monoisotopic (exact) mass is 693 g/mol. The van der Waals surface area contributed by atoms with E-state index in [2.05, 4.69) is 187 Å². The molecule has 3 heteroatoms. The highest BCUT2D eigenvalue weighted by Crippen LogP contribution is 2.49. The van der Waals surface area contributed by atoms with Crippen LogP contribution in [0.4, 0.5) is 17.1 Å². The van der Waals surface area contributed by atoms with E-state index in [4.69, 9.17) is 4.42 Å². The van der Waals surface area contributed by atoms with Crippen LogP contribution in [0.25, 0.3) is 85.9 Å². The minimum absolute atomic E-state index is 0.867.